The molecule has 88 valence electrons. The smallest absolute Gasteiger partial charge is 0.225 e. The lowest BCUT2D eigenvalue weighted by Crippen LogP contribution is -2.11. The fraction of sp³-hybridized carbons (Fsp3) is 0.636. The van der Waals surface area contributed by atoms with Crippen molar-refractivity contribution in [3.63, 3.8) is 0 Å². The Kier molecular flexibility index (Phi) is 3.93. The summed E-state index contributed by atoms with van der Waals surface area (Å²) in [6.45, 7) is 2.67. The maximum Gasteiger partial charge on any atom is 0.225 e. The third-order valence-corrected chi connectivity index (χ3v) is 2.70. The molecule has 1 aliphatic rings. The maximum atomic E-state index is 5.32. The molecule has 0 aliphatic carbocycles. The minimum Gasteiger partial charge on any atom is -0.481 e. The van der Waals surface area contributed by atoms with Gasteiger partial charge in [0.1, 0.15) is 0 Å². The lowest BCUT2D eigenvalue weighted by atomic mass is 10.1. The van der Waals surface area contributed by atoms with Crippen LogP contribution in [0.25, 0.3) is 0 Å². The summed E-state index contributed by atoms with van der Waals surface area (Å²) < 4.78 is 10.3. The highest BCUT2D eigenvalue weighted by Crippen LogP contribution is 2.16. The van der Waals surface area contributed by atoms with E-state index in [4.69, 9.17) is 9.47 Å². The van der Waals surface area contributed by atoms with E-state index < -0.39 is 0 Å². The van der Waals surface area contributed by atoms with Gasteiger partial charge in [0.15, 0.2) is 0 Å². The van der Waals surface area contributed by atoms with Gasteiger partial charge in [-0.1, -0.05) is 0 Å². The molecule has 1 N–H and O–H groups in total. The number of rotatable bonds is 5. The highest BCUT2D eigenvalue weighted by molar-refractivity contribution is 5.27. The van der Waals surface area contributed by atoms with E-state index in [0.717, 1.165) is 26.2 Å². The second kappa shape index (κ2) is 5.65. The number of aromatic nitrogens is 2. The number of methoxy groups -OCH3 is 1. The predicted octanol–water partition coefficient (Wildman–Crippen LogP) is 1.32. The van der Waals surface area contributed by atoms with E-state index in [0.29, 0.717) is 17.7 Å². The van der Waals surface area contributed by atoms with E-state index in [1.807, 2.05) is 0 Å². The van der Waals surface area contributed by atoms with Crippen LogP contribution in [0.2, 0.25) is 0 Å². The van der Waals surface area contributed by atoms with Crippen molar-refractivity contribution in [3.05, 3.63) is 12.3 Å². The van der Waals surface area contributed by atoms with Crippen LogP contribution in [0.1, 0.15) is 12.8 Å². The van der Waals surface area contributed by atoms with Gasteiger partial charge in [-0.05, 0) is 18.8 Å². The van der Waals surface area contributed by atoms with Crippen LogP contribution >= 0.6 is 0 Å². The highest BCUT2D eigenvalue weighted by Gasteiger charge is 2.14. The van der Waals surface area contributed by atoms with Gasteiger partial charge < -0.3 is 14.8 Å². The molecule has 1 unspecified atom stereocenters. The average molecular weight is 223 g/mol. The van der Waals surface area contributed by atoms with Crippen LogP contribution in [0.15, 0.2) is 12.3 Å². The van der Waals surface area contributed by atoms with E-state index >= 15 is 0 Å². The van der Waals surface area contributed by atoms with E-state index in [9.17, 15) is 0 Å². The van der Waals surface area contributed by atoms with Crippen molar-refractivity contribution in [2.45, 2.75) is 12.8 Å². The Balaban J connectivity index is 1.75. The van der Waals surface area contributed by atoms with Crippen molar-refractivity contribution in [2.75, 3.05) is 32.2 Å². The average Bonchev–Trinajstić information content (AvgIpc) is 2.82. The van der Waals surface area contributed by atoms with E-state index in [1.165, 1.54) is 6.42 Å². The lowest BCUT2D eigenvalue weighted by Gasteiger charge is -2.08. The van der Waals surface area contributed by atoms with Crippen molar-refractivity contribution in [3.8, 4) is 5.88 Å². The minimum atomic E-state index is 0.585. The van der Waals surface area contributed by atoms with E-state index in [-0.39, 0.29) is 0 Å². The fourth-order valence-corrected chi connectivity index (χ4v) is 1.74. The molecule has 0 amide bonds. The van der Waals surface area contributed by atoms with Crippen molar-refractivity contribution in [2.24, 2.45) is 5.92 Å². The first-order valence-corrected chi connectivity index (χ1v) is 5.57. The summed E-state index contributed by atoms with van der Waals surface area (Å²) in [5.74, 6) is 1.89. The van der Waals surface area contributed by atoms with Crippen molar-refractivity contribution >= 4 is 5.95 Å². The Labute approximate surface area is 95.2 Å². The summed E-state index contributed by atoms with van der Waals surface area (Å²) in [6.07, 6.45) is 3.95. The van der Waals surface area contributed by atoms with Gasteiger partial charge in [0.25, 0.3) is 0 Å². The Morgan fingerprint density at radius 1 is 1.62 bits per heavy atom. The fourth-order valence-electron chi connectivity index (χ4n) is 1.74. The van der Waals surface area contributed by atoms with Crippen LogP contribution in [-0.2, 0) is 4.74 Å². The van der Waals surface area contributed by atoms with Crippen LogP contribution < -0.4 is 10.1 Å². The quantitative estimate of drug-likeness (QED) is 0.816. The summed E-state index contributed by atoms with van der Waals surface area (Å²) in [7, 11) is 1.60. The zero-order valence-electron chi connectivity index (χ0n) is 9.48. The number of hydrogen-bond donors (Lipinski definition) is 1. The predicted molar refractivity (Wildman–Crippen MR) is 60.6 cm³/mol. The monoisotopic (exact) mass is 223 g/mol. The first-order chi connectivity index (χ1) is 7.88. The van der Waals surface area contributed by atoms with Crippen LogP contribution in [0.5, 0.6) is 5.88 Å². The molecular formula is C11H17N3O2. The molecule has 0 aromatic carbocycles. The van der Waals surface area contributed by atoms with Crippen LogP contribution in [0.4, 0.5) is 5.95 Å². The molecule has 1 saturated heterocycles. The molecule has 0 bridgehead atoms. The highest BCUT2D eigenvalue weighted by atomic mass is 16.5. The summed E-state index contributed by atoms with van der Waals surface area (Å²) in [5, 5.41) is 3.19. The first kappa shape index (κ1) is 11.1. The van der Waals surface area contributed by atoms with Crippen molar-refractivity contribution in [1.29, 1.82) is 0 Å². The van der Waals surface area contributed by atoms with Gasteiger partial charge in [-0.15, -0.1) is 0 Å². The summed E-state index contributed by atoms with van der Waals surface area (Å²) in [5.41, 5.74) is 0. The molecule has 16 heavy (non-hydrogen) atoms. The normalized spacial score (nSPS) is 19.7. The molecule has 2 heterocycles. The van der Waals surface area contributed by atoms with Gasteiger partial charge in [-0.2, -0.15) is 4.98 Å². The first-order valence-electron chi connectivity index (χ1n) is 5.57. The SMILES string of the molecule is COc1ccnc(NCCC2CCOC2)n1. The molecule has 1 aliphatic heterocycles. The standard InChI is InChI=1S/C11H17N3O2/c1-15-10-3-6-13-11(14-10)12-5-2-9-4-7-16-8-9/h3,6,9H,2,4-5,7-8H2,1H3,(H,12,13,14). The Bertz CT molecular complexity index is 327. The lowest BCUT2D eigenvalue weighted by molar-refractivity contribution is 0.185. The second-order valence-corrected chi connectivity index (χ2v) is 3.87. The summed E-state index contributed by atoms with van der Waals surface area (Å²) in [4.78, 5) is 8.30. The Morgan fingerprint density at radius 2 is 2.56 bits per heavy atom. The molecule has 2 rings (SSSR count). The molecule has 0 saturated carbocycles. The van der Waals surface area contributed by atoms with Crippen LogP contribution in [-0.4, -0.2) is 36.8 Å². The molecule has 1 fully saturated rings. The molecule has 1 aromatic rings. The van der Waals surface area contributed by atoms with Gasteiger partial charge in [0.05, 0.1) is 7.11 Å². The van der Waals surface area contributed by atoms with Crippen molar-refractivity contribution in [1.82, 2.24) is 9.97 Å². The van der Waals surface area contributed by atoms with Crippen molar-refractivity contribution < 1.29 is 9.47 Å². The Hall–Kier alpha value is -1.36. The van der Waals surface area contributed by atoms with E-state index in [2.05, 4.69) is 15.3 Å². The molecular weight excluding hydrogens is 206 g/mol. The zero-order chi connectivity index (χ0) is 11.2. The van der Waals surface area contributed by atoms with Gasteiger partial charge in [0.2, 0.25) is 11.8 Å². The number of hydrogen-bond acceptors (Lipinski definition) is 5. The largest absolute Gasteiger partial charge is 0.481 e. The third-order valence-electron chi connectivity index (χ3n) is 2.70. The molecule has 5 heteroatoms. The van der Waals surface area contributed by atoms with E-state index in [1.54, 1.807) is 19.4 Å². The van der Waals surface area contributed by atoms with Gasteiger partial charge in [-0.3, -0.25) is 0 Å². The zero-order valence-corrected chi connectivity index (χ0v) is 9.48. The summed E-state index contributed by atoms with van der Waals surface area (Å²) >= 11 is 0. The topological polar surface area (TPSA) is 56.3 Å². The maximum absolute atomic E-state index is 5.32. The number of ether oxygens (including phenoxy) is 2. The number of nitrogens with zero attached hydrogens (tertiary/aromatic N) is 2. The molecule has 0 radical (unpaired) electrons. The summed E-state index contributed by atoms with van der Waals surface area (Å²) in [6, 6.07) is 1.73. The van der Waals surface area contributed by atoms with Gasteiger partial charge in [-0.25, -0.2) is 4.98 Å². The van der Waals surface area contributed by atoms with Gasteiger partial charge >= 0.3 is 0 Å². The third kappa shape index (κ3) is 3.06. The number of nitrogens with one attached hydrogen (secondary N) is 1. The molecule has 1 atom stereocenters. The molecule has 0 spiro atoms. The van der Waals surface area contributed by atoms with Gasteiger partial charge in [0, 0.05) is 32.0 Å². The number of anilines is 1. The Morgan fingerprint density at radius 3 is 3.31 bits per heavy atom. The van der Waals surface area contributed by atoms with Crippen LogP contribution in [0, 0.1) is 5.92 Å². The second-order valence-electron chi connectivity index (χ2n) is 3.87. The molecule has 1 aromatic heterocycles. The minimum absolute atomic E-state index is 0.585. The molecule has 5 nitrogen and oxygen atoms in total. The van der Waals surface area contributed by atoms with Crippen LogP contribution in [0.3, 0.4) is 0 Å².